The molecule has 2 unspecified atom stereocenters. The Hall–Kier alpha value is -1.21. The van der Waals surface area contributed by atoms with E-state index >= 15 is 0 Å². The predicted molar refractivity (Wildman–Crippen MR) is 81.5 cm³/mol. The van der Waals surface area contributed by atoms with Gasteiger partial charge in [-0.25, -0.2) is 0 Å². The fourth-order valence-electron chi connectivity index (χ4n) is 3.58. The highest BCUT2D eigenvalue weighted by Crippen LogP contribution is 2.49. The van der Waals surface area contributed by atoms with Gasteiger partial charge in [-0.3, -0.25) is 0 Å². The van der Waals surface area contributed by atoms with Crippen LogP contribution in [0.5, 0.6) is 5.75 Å². The van der Waals surface area contributed by atoms with E-state index in [1.807, 2.05) is 18.2 Å². The SMILES string of the molecule is CCC1CC(CCl)c2c1cc(O)c1cccc(C)c21. The quantitative estimate of drug-likeness (QED) is 0.758. The first kappa shape index (κ1) is 12.8. The summed E-state index contributed by atoms with van der Waals surface area (Å²) in [7, 11) is 0. The fraction of sp³-hybridized carbons (Fsp3) is 0.412. The lowest BCUT2D eigenvalue weighted by molar-refractivity contribution is 0.480. The van der Waals surface area contributed by atoms with Crippen LogP contribution in [0.1, 0.15) is 48.3 Å². The fourth-order valence-corrected chi connectivity index (χ4v) is 3.86. The molecule has 0 fully saturated rings. The van der Waals surface area contributed by atoms with Gasteiger partial charge < -0.3 is 5.11 Å². The van der Waals surface area contributed by atoms with Crippen LogP contribution in [0.3, 0.4) is 0 Å². The summed E-state index contributed by atoms with van der Waals surface area (Å²) in [5, 5.41) is 12.5. The van der Waals surface area contributed by atoms with Gasteiger partial charge in [0.05, 0.1) is 0 Å². The van der Waals surface area contributed by atoms with Crippen LogP contribution in [-0.2, 0) is 0 Å². The van der Waals surface area contributed by atoms with Gasteiger partial charge in [0.15, 0.2) is 0 Å². The van der Waals surface area contributed by atoms with E-state index in [-0.39, 0.29) is 0 Å². The highest BCUT2D eigenvalue weighted by atomic mass is 35.5. The van der Waals surface area contributed by atoms with Gasteiger partial charge in [0.25, 0.3) is 0 Å². The Morgan fingerprint density at radius 3 is 2.79 bits per heavy atom. The van der Waals surface area contributed by atoms with E-state index in [1.54, 1.807) is 0 Å². The zero-order valence-electron chi connectivity index (χ0n) is 11.4. The van der Waals surface area contributed by atoms with E-state index in [4.69, 9.17) is 11.6 Å². The van der Waals surface area contributed by atoms with E-state index in [9.17, 15) is 5.11 Å². The molecule has 0 saturated heterocycles. The molecule has 1 aliphatic carbocycles. The summed E-state index contributed by atoms with van der Waals surface area (Å²) in [6.07, 6.45) is 2.22. The van der Waals surface area contributed by atoms with Crippen molar-refractivity contribution in [2.24, 2.45) is 0 Å². The third-order valence-corrected chi connectivity index (χ3v) is 4.89. The van der Waals surface area contributed by atoms with E-state index < -0.39 is 0 Å². The molecule has 0 aromatic heterocycles. The Morgan fingerprint density at radius 1 is 1.32 bits per heavy atom. The van der Waals surface area contributed by atoms with Gasteiger partial charge in [0, 0.05) is 11.3 Å². The Morgan fingerprint density at radius 2 is 2.11 bits per heavy atom. The molecule has 0 amide bonds. The summed E-state index contributed by atoms with van der Waals surface area (Å²) in [6, 6.07) is 8.10. The first-order valence-electron chi connectivity index (χ1n) is 6.98. The van der Waals surface area contributed by atoms with Gasteiger partial charge in [-0.2, -0.15) is 0 Å². The van der Waals surface area contributed by atoms with E-state index in [0.29, 0.717) is 23.5 Å². The molecule has 1 N–H and O–H groups in total. The largest absolute Gasteiger partial charge is 0.507 e. The average Bonchev–Trinajstić information content (AvgIpc) is 2.77. The van der Waals surface area contributed by atoms with Crippen LogP contribution >= 0.6 is 11.6 Å². The Kier molecular flexibility index (Phi) is 3.18. The second kappa shape index (κ2) is 4.72. The van der Waals surface area contributed by atoms with Crippen LogP contribution in [0.2, 0.25) is 0 Å². The Labute approximate surface area is 119 Å². The minimum atomic E-state index is 0.408. The molecule has 0 heterocycles. The maximum Gasteiger partial charge on any atom is 0.123 e. The summed E-state index contributed by atoms with van der Waals surface area (Å²) in [5.41, 5.74) is 3.93. The van der Waals surface area contributed by atoms with Gasteiger partial charge >= 0.3 is 0 Å². The van der Waals surface area contributed by atoms with Crippen molar-refractivity contribution in [3.63, 3.8) is 0 Å². The lowest BCUT2D eigenvalue weighted by Crippen LogP contribution is -1.97. The molecule has 2 atom stereocenters. The van der Waals surface area contributed by atoms with E-state index in [0.717, 1.165) is 18.2 Å². The maximum absolute atomic E-state index is 10.3. The second-order valence-corrected chi connectivity index (χ2v) is 5.90. The first-order chi connectivity index (χ1) is 9.17. The molecular weight excluding hydrogens is 256 g/mol. The van der Waals surface area contributed by atoms with Crippen LogP contribution in [0.15, 0.2) is 24.3 Å². The zero-order valence-corrected chi connectivity index (χ0v) is 12.2. The molecule has 0 aliphatic heterocycles. The van der Waals surface area contributed by atoms with Crippen molar-refractivity contribution in [3.05, 3.63) is 41.0 Å². The second-order valence-electron chi connectivity index (χ2n) is 5.59. The molecule has 1 aliphatic rings. The van der Waals surface area contributed by atoms with Gasteiger partial charge in [0.1, 0.15) is 5.75 Å². The molecule has 2 aromatic carbocycles. The third-order valence-electron chi connectivity index (χ3n) is 4.52. The highest BCUT2D eigenvalue weighted by Gasteiger charge is 2.32. The molecule has 0 bridgehead atoms. The summed E-state index contributed by atoms with van der Waals surface area (Å²) in [5.74, 6) is 2.03. The number of fused-ring (bicyclic) bond motifs is 3. The van der Waals surface area contributed by atoms with Crippen molar-refractivity contribution in [2.45, 2.75) is 38.5 Å². The van der Waals surface area contributed by atoms with Crippen molar-refractivity contribution in [3.8, 4) is 5.75 Å². The Bertz CT molecular complexity index is 633. The van der Waals surface area contributed by atoms with Crippen LogP contribution < -0.4 is 0 Å². The maximum atomic E-state index is 10.3. The summed E-state index contributed by atoms with van der Waals surface area (Å²) < 4.78 is 0. The van der Waals surface area contributed by atoms with Crippen molar-refractivity contribution in [1.82, 2.24) is 0 Å². The average molecular weight is 275 g/mol. The minimum Gasteiger partial charge on any atom is -0.507 e. The molecule has 2 aromatic rings. The summed E-state index contributed by atoms with van der Waals surface area (Å²) >= 11 is 6.19. The lowest BCUT2D eigenvalue weighted by Gasteiger charge is -2.15. The number of hydrogen-bond donors (Lipinski definition) is 1. The monoisotopic (exact) mass is 274 g/mol. The number of aromatic hydroxyl groups is 1. The molecule has 100 valence electrons. The minimum absolute atomic E-state index is 0.408. The van der Waals surface area contributed by atoms with Crippen molar-refractivity contribution < 1.29 is 5.11 Å². The molecule has 3 rings (SSSR count). The smallest absolute Gasteiger partial charge is 0.123 e. The predicted octanol–water partition coefficient (Wildman–Crippen LogP) is 5.07. The third kappa shape index (κ3) is 1.83. The van der Waals surface area contributed by atoms with E-state index in [2.05, 4.69) is 19.9 Å². The molecule has 0 saturated carbocycles. The van der Waals surface area contributed by atoms with Crippen LogP contribution in [0, 0.1) is 6.92 Å². The molecule has 2 heteroatoms. The van der Waals surface area contributed by atoms with Crippen molar-refractivity contribution in [2.75, 3.05) is 5.88 Å². The van der Waals surface area contributed by atoms with Crippen LogP contribution in [0.25, 0.3) is 10.8 Å². The standard InChI is InChI=1S/C17H19ClO/c1-3-11-7-12(9-18)17-14(11)8-15(19)13-6-4-5-10(2)16(13)17/h4-6,8,11-12,19H,3,7,9H2,1-2H3. The van der Waals surface area contributed by atoms with Crippen LogP contribution in [0.4, 0.5) is 0 Å². The topological polar surface area (TPSA) is 20.2 Å². The van der Waals surface area contributed by atoms with Crippen molar-refractivity contribution >= 4 is 22.4 Å². The zero-order chi connectivity index (χ0) is 13.6. The number of halogens is 1. The van der Waals surface area contributed by atoms with Gasteiger partial charge in [-0.15, -0.1) is 11.6 Å². The van der Waals surface area contributed by atoms with E-state index in [1.165, 1.54) is 22.1 Å². The highest BCUT2D eigenvalue weighted by molar-refractivity contribution is 6.18. The Balaban J connectivity index is 2.39. The number of hydrogen-bond acceptors (Lipinski definition) is 1. The number of phenolic OH excluding ortho intramolecular Hbond substituents is 1. The normalized spacial score (nSPS) is 21.8. The summed E-state index contributed by atoms with van der Waals surface area (Å²) in [4.78, 5) is 0. The van der Waals surface area contributed by atoms with Gasteiger partial charge in [0.2, 0.25) is 0 Å². The first-order valence-corrected chi connectivity index (χ1v) is 7.51. The number of phenols is 1. The number of benzene rings is 2. The molecule has 19 heavy (non-hydrogen) atoms. The molecular formula is C17H19ClO. The van der Waals surface area contributed by atoms with Crippen molar-refractivity contribution in [1.29, 1.82) is 0 Å². The molecule has 0 radical (unpaired) electrons. The van der Waals surface area contributed by atoms with Gasteiger partial charge in [-0.05, 0) is 59.7 Å². The van der Waals surface area contributed by atoms with Gasteiger partial charge in [-0.1, -0.05) is 25.1 Å². The molecule has 0 spiro atoms. The number of alkyl halides is 1. The molecule has 1 nitrogen and oxygen atoms in total. The summed E-state index contributed by atoms with van der Waals surface area (Å²) in [6.45, 7) is 4.33. The number of aryl methyl sites for hydroxylation is 1. The lowest BCUT2D eigenvalue weighted by atomic mass is 9.91. The number of rotatable bonds is 2. The van der Waals surface area contributed by atoms with Crippen LogP contribution in [-0.4, -0.2) is 11.0 Å².